The van der Waals surface area contributed by atoms with E-state index in [-0.39, 0.29) is 5.78 Å². The summed E-state index contributed by atoms with van der Waals surface area (Å²) in [7, 11) is 0. The van der Waals surface area contributed by atoms with E-state index in [1.165, 1.54) is 38.5 Å². The Morgan fingerprint density at radius 1 is 0.442 bits per heavy atom. The molecule has 5 aromatic carbocycles. The molecule has 0 radical (unpaired) electrons. The molecule has 0 aliphatic carbocycles. The number of benzene rings is 5. The summed E-state index contributed by atoms with van der Waals surface area (Å²) < 4.78 is 23.6. The van der Waals surface area contributed by atoms with E-state index in [0.717, 1.165) is 71.3 Å². The van der Waals surface area contributed by atoms with Gasteiger partial charge in [0.1, 0.15) is 36.2 Å². The van der Waals surface area contributed by atoms with Gasteiger partial charge in [-0.05, 0) is 89.7 Å². The van der Waals surface area contributed by atoms with Crippen molar-refractivity contribution in [2.45, 2.75) is 51.4 Å². The van der Waals surface area contributed by atoms with Crippen molar-refractivity contribution in [2.24, 2.45) is 0 Å². The molecule has 0 amide bonds. The van der Waals surface area contributed by atoms with Crippen molar-refractivity contribution in [1.82, 2.24) is 0 Å². The van der Waals surface area contributed by atoms with Gasteiger partial charge in [0.05, 0.1) is 13.2 Å². The van der Waals surface area contributed by atoms with Crippen LogP contribution in [0.5, 0.6) is 23.0 Å². The van der Waals surface area contributed by atoms with Gasteiger partial charge < -0.3 is 18.9 Å². The maximum absolute atomic E-state index is 12.3. The molecule has 0 aromatic heterocycles. The van der Waals surface area contributed by atoms with Crippen molar-refractivity contribution < 1.29 is 23.7 Å². The lowest BCUT2D eigenvalue weighted by Gasteiger charge is -2.10. The molecule has 268 valence electrons. The Bertz CT molecular complexity index is 1780. The molecule has 0 spiro atoms. The first-order chi connectivity index (χ1) is 25.7. The number of hydrogen-bond acceptors (Lipinski definition) is 5. The van der Waals surface area contributed by atoms with E-state index in [9.17, 15) is 4.79 Å². The molecule has 0 bridgehead atoms. The number of carbonyl (C=O) groups is 1. The molecule has 5 aromatic rings. The Kier molecular flexibility index (Phi) is 15.7. The third-order valence-electron chi connectivity index (χ3n) is 8.72. The van der Waals surface area contributed by atoms with Gasteiger partial charge in [-0.15, -0.1) is 0 Å². The fraction of sp³-hybridized carbons (Fsp3) is 0.255. The lowest BCUT2D eigenvalue weighted by molar-refractivity contribution is 0.104. The Morgan fingerprint density at radius 2 is 0.827 bits per heavy atom. The highest BCUT2D eigenvalue weighted by Gasteiger charge is 2.03. The van der Waals surface area contributed by atoms with E-state index in [2.05, 4.69) is 30.8 Å². The molecular weight excluding hydrogens is 645 g/mol. The number of rotatable bonds is 23. The first-order valence-electron chi connectivity index (χ1n) is 18.5. The largest absolute Gasteiger partial charge is 0.494 e. The molecule has 0 saturated heterocycles. The lowest BCUT2D eigenvalue weighted by atomic mass is 10.1. The van der Waals surface area contributed by atoms with E-state index >= 15 is 0 Å². The quantitative estimate of drug-likeness (QED) is 0.0387. The van der Waals surface area contributed by atoms with Crippen LogP contribution in [0.15, 0.2) is 140 Å². The fourth-order valence-corrected chi connectivity index (χ4v) is 5.70. The lowest BCUT2D eigenvalue weighted by Crippen LogP contribution is -2.08. The summed E-state index contributed by atoms with van der Waals surface area (Å²) in [6.07, 6.45) is 14.9. The topological polar surface area (TPSA) is 54.0 Å². The van der Waals surface area contributed by atoms with Gasteiger partial charge in [-0.3, -0.25) is 4.79 Å². The Hall–Kier alpha value is -5.55. The van der Waals surface area contributed by atoms with Gasteiger partial charge in [-0.2, -0.15) is 0 Å². The molecule has 0 heterocycles. The second-order valence-corrected chi connectivity index (χ2v) is 12.7. The first-order valence-corrected chi connectivity index (χ1v) is 18.5. The number of ketones is 1. The third kappa shape index (κ3) is 13.3. The van der Waals surface area contributed by atoms with Crippen molar-refractivity contribution in [3.8, 4) is 34.1 Å². The van der Waals surface area contributed by atoms with Crippen LogP contribution < -0.4 is 18.9 Å². The summed E-state index contributed by atoms with van der Waals surface area (Å²) in [5.41, 5.74) is 4.99. The molecule has 52 heavy (non-hydrogen) atoms. The highest BCUT2D eigenvalue weighted by atomic mass is 16.5. The number of ether oxygens (including phenoxy) is 4. The fourth-order valence-electron chi connectivity index (χ4n) is 5.70. The monoisotopic (exact) mass is 694 g/mol. The summed E-state index contributed by atoms with van der Waals surface area (Å²) in [5.74, 6) is 3.38. The molecule has 5 rings (SSSR count). The molecular formula is C47H50O5. The minimum Gasteiger partial charge on any atom is -0.494 e. The zero-order chi connectivity index (χ0) is 36.1. The van der Waals surface area contributed by atoms with Crippen LogP contribution in [0.4, 0.5) is 0 Å². The van der Waals surface area contributed by atoms with Crippen molar-refractivity contribution in [2.75, 3.05) is 26.4 Å². The minimum absolute atomic E-state index is 0.0193. The molecule has 0 atom stereocenters. The number of unbranched alkanes of at least 4 members (excludes halogenated alkanes) is 7. The minimum atomic E-state index is -0.0193. The van der Waals surface area contributed by atoms with Crippen LogP contribution in [0, 0.1) is 0 Å². The zero-order valence-corrected chi connectivity index (χ0v) is 30.1. The highest BCUT2D eigenvalue weighted by Crippen LogP contribution is 2.25. The molecule has 5 nitrogen and oxygen atoms in total. The van der Waals surface area contributed by atoms with Crippen LogP contribution >= 0.6 is 0 Å². The van der Waals surface area contributed by atoms with E-state index in [4.69, 9.17) is 18.9 Å². The Balaban J connectivity index is 0.882. The van der Waals surface area contributed by atoms with Gasteiger partial charge in [0.15, 0.2) is 5.78 Å². The average molecular weight is 695 g/mol. The standard InChI is InChI=1S/C47H50O5/c1-2-38-16-25-43(26-17-38)49-34-12-7-5-3-4-6-8-13-35-50-45-29-21-40(22-30-45)41-23-31-46(32-24-41)52-37-36-51-44-27-18-39(19-28-44)20-33-47(48)42-14-10-9-11-15-42/h2,9-11,14-33H,1,3-8,12-13,34-37H2/b33-20+. The molecule has 0 aliphatic rings. The molecule has 0 saturated carbocycles. The number of hydrogen-bond donors (Lipinski definition) is 0. The molecule has 0 N–H and O–H groups in total. The second kappa shape index (κ2) is 21.6. The van der Waals surface area contributed by atoms with Gasteiger partial charge in [0.25, 0.3) is 0 Å². The predicted octanol–water partition coefficient (Wildman–Crippen LogP) is 11.9. The highest BCUT2D eigenvalue weighted by molar-refractivity contribution is 6.06. The normalized spacial score (nSPS) is 10.9. The van der Waals surface area contributed by atoms with Crippen LogP contribution in [0.2, 0.25) is 0 Å². The summed E-state index contributed by atoms with van der Waals surface area (Å²) >= 11 is 0. The molecule has 0 aliphatic heterocycles. The Morgan fingerprint density at radius 3 is 1.27 bits per heavy atom. The van der Waals surface area contributed by atoms with Crippen LogP contribution in [0.3, 0.4) is 0 Å². The number of carbonyl (C=O) groups excluding carboxylic acids is 1. The van der Waals surface area contributed by atoms with Crippen LogP contribution in [-0.2, 0) is 0 Å². The summed E-state index contributed by atoms with van der Waals surface area (Å²) in [4.78, 5) is 12.3. The first kappa shape index (κ1) is 37.7. The van der Waals surface area contributed by atoms with Gasteiger partial charge >= 0.3 is 0 Å². The van der Waals surface area contributed by atoms with Crippen molar-refractivity contribution >= 4 is 17.9 Å². The smallest absolute Gasteiger partial charge is 0.185 e. The zero-order valence-electron chi connectivity index (χ0n) is 30.1. The van der Waals surface area contributed by atoms with Gasteiger partial charge in [0, 0.05) is 5.56 Å². The van der Waals surface area contributed by atoms with Crippen molar-refractivity contribution in [3.05, 3.63) is 157 Å². The SMILES string of the molecule is C=Cc1ccc(OCCCCCCCCCCOc2ccc(-c3ccc(OCCOc4ccc(/C=C/C(=O)c5ccccc5)cc4)cc3)cc2)cc1. The molecule has 0 unspecified atom stereocenters. The predicted molar refractivity (Wildman–Crippen MR) is 214 cm³/mol. The molecule has 5 heteroatoms. The van der Waals surface area contributed by atoms with E-state index in [1.54, 1.807) is 6.08 Å². The maximum Gasteiger partial charge on any atom is 0.185 e. The van der Waals surface area contributed by atoms with Crippen LogP contribution in [0.1, 0.15) is 72.9 Å². The van der Waals surface area contributed by atoms with Gasteiger partial charge in [0.2, 0.25) is 0 Å². The second-order valence-electron chi connectivity index (χ2n) is 12.7. The van der Waals surface area contributed by atoms with E-state index < -0.39 is 0 Å². The van der Waals surface area contributed by atoms with E-state index in [1.807, 2.05) is 115 Å². The molecule has 0 fully saturated rings. The van der Waals surface area contributed by atoms with Crippen molar-refractivity contribution in [1.29, 1.82) is 0 Å². The maximum atomic E-state index is 12.3. The summed E-state index contributed by atoms with van der Waals surface area (Å²) in [5, 5.41) is 0. The van der Waals surface area contributed by atoms with Crippen molar-refractivity contribution in [3.63, 3.8) is 0 Å². The van der Waals surface area contributed by atoms with Gasteiger partial charge in [-0.1, -0.05) is 136 Å². The Labute approximate surface area is 309 Å². The average Bonchev–Trinajstić information content (AvgIpc) is 3.20. The summed E-state index contributed by atoms with van der Waals surface area (Å²) in [6, 6.07) is 41.4. The third-order valence-corrected chi connectivity index (χ3v) is 8.72. The van der Waals surface area contributed by atoms with E-state index in [0.29, 0.717) is 18.8 Å². The summed E-state index contributed by atoms with van der Waals surface area (Å²) in [6.45, 7) is 6.17. The van der Waals surface area contributed by atoms with Crippen LogP contribution in [0.25, 0.3) is 23.3 Å². The van der Waals surface area contributed by atoms with Crippen LogP contribution in [-0.4, -0.2) is 32.2 Å². The number of allylic oxidation sites excluding steroid dienone is 1. The van der Waals surface area contributed by atoms with Gasteiger partial charge in [-0.25, -0.2) is 0 Å².